The number of urea groups is 1. The van der Waals surface area contributed by atoms with Crippen molar-refractivity contribution in [2.45, 2.75) is 50.7 Å². The van der Waals surface area contributed by atoms with E-state index in [9.17, 15) is 9.59 Å². The molecule has 0 bridgehead atoms. The molecule has 2 aromatic carbocycles. The first kappa shape index (κ1) is 22.3. The Morgan fingerprint density at radius 3 is 2.50 bits per heavy atom. The van der Waals surface area contributed by atoms with Crippen molar-refractivity contribution >= 4 is 17.7 Å². The van der Waals surface area contributed by atoms with E-state index in [1.807, 2.05) is 48.5 Å². The van der Waals surface area contributed by atoms with Crippen LogP contribution in [0.5, 0.6) is 0 Å². The van der Waals surface area contributed by atoms with Gasteiger partial charge < -0.3 is 15.4 Å². The fourth-order valence-electron chi connectivity index (χ4n) is 4.90. The Bertz CT molecular complexity index is 874. The van der Waals surface area contributed by atoms with Gasteiger partial charge in [-0.05, 0) is 49.4 Å². The minimum absolute atomic E-state index is 0.101. The van der Waals surface area contributed by atoms with Gasteiger partial charge >= 0.3 is 12.0 Å². The van der Waals surface area contributed by atoms with Gasteiger partial charge in [-0.3, -0.25) is 9.69 Å². The molecule has 0 spiro atoms. The van der Waals surface area contributed by atoms with E-state index in [4.69, 9.17) is 4.74 Å². The number of esters is 1. The lowest BCUT2D eigenvalue weighted by Crippen LogP contribution is -2.48. The summed E-state index contributed by atoms with van der Waals surface area (Å²) in [6.45, 7) is 1.97. The third-order valence-electron chi connectivity index (χ3n) is 6.49. The molecule has 1 heterocycles. The monoisotopic (exact) mass is 435 g/mol. The maximum absolute atomic E-state index is 12.5. The topological polar surface area (TPSA) is 70.7 Å². The first-order valence-corrected chi connectivity index (χ1v) is 11.7. The fraction of sp³-hybridized carbons (Fsp3) is 0.462. The second kappa shape index (κ2) is 11.1. The van der Waals surface area contributed by atoms with Crippen LogP contribution in [0.4, 0.5) is 10.5 Å². The molecule has 0 radical (unpaired) electrons. The number of nitrogens with one attached hydrogen (secondary N) is 2. The first-order chi connectivity index (χ1) is 15.7. The van der Waals surface area contributed by atoms with Gasteiger partial charge in [0.25, 0.3) is 0 Å². The number of para-hydroxylation sites is 1. The number of rotatable bonds is 7. The van der Waals surface area contributed by atoms with E-state index >= 15 is 0 Å². The van der Waals surface area contributed by atoms with Gasteiger partial charge in [0.1, 0.15) is 6.10 Å². The molecule has 2 fully saturated rings. The third kappa shape index (κ3) is 6.57. The zero-order valence-corrected chi connectivity index (χ0v) is 18.5. The Morgan fingerprint density at radius 1 is 1.00 bits per heavy atom. The lowest BCUT2D eigenvalue weighted by molar-refractivity contribution is -0.158. The maximum Gasteiger partial charge on any atom is 0.320 e. The number of hydrogen-bond acceptors (Lipinski definition) is 4. The SMILES string of the molecule is O=C(Nc1ccccc1)N[C@@H]1CCCC[C@H]1CCN1CC(=O)O[C@@H](Cc2ccccc2)C1. The Hall–Kier alpha value is -2.86. The van der Waals surface area contributed by atoms with Gasteiger partial charge in [0.2, 0.25) is 0 Å². The van der Waals surface area contributed by atoms with Crippen molar-refractivity contribution in [1.82, 2.24) is 10.2 Å². The average molecular weight is 436 g/mol. The zero-order valence-electron chi connectivity index (χ0n) is 18.5. The highest BCUT2D eigenvalue weighted by molar-refractivity contribution is 5.89. The smallest absolute Gasteiger partial charge is 0.320 e. The van der Waals surface area contributed by atoms with Gasteiger partial charge in [-0.1, -0.05) is 61.4 Å². The van der Waals surface area contributed by atoms with Crippen LogP contribution >= 0.6 is 0 Å². The van der Waals surface area contributed by atoms with E-state index in [1.54, 1.807) is 0 Å². The molecule has 2 aromatic rings. The van der Waals surface area contributed by atoms with Crippen LogP contribution in [0.1, 0.15) is 37.7 Å². The number of hydrogen-bond donors (Lipinski definition) is 2. The Morgan fingerprint density at radius 2 is 1.72 bits per heavy atom. The highest BCUT2D eigenvalue weighted by atomic mass is 16.5. The van der Waals surface area contributed by atoms with Crippen LogP contribution in [0.2, 0.25) is 0 Å². The van der Waals surface area contributed by atoms with Crippen molar-refractivity contribution in [2.24, 2.45) is 5.92 Å². The van der Waals surface area contributed by atoms with E-state index in [1.165, 1.54) is 12.0 Å². The molecule has 6 heteroatoms. The maximum atomic E-state index is 12.5. The van der Waals surface area contributed by atoms with Gasteiger partial charge in [0, 0.05) is 24.7 Å². The predicted molar refractivity (Wildman–Crippen MR) is 125 cm³/mol. The highest BCUT2D eigenvalue weighted by Gasteiger charge is 2.30. The summed E-state index contributed by atoms with van der Waals surface area (Å²) in [5.74, 6) is 0.286. The molecule has 1 aliphatic heterocycles. The average Bonchev–Trinajstić information content (AvgIpc) is 2.79. The second-order valence-corrected chi connectivity index (χ2v) is 8.94. The summed E-state index contributed by atoms with van der Waals surface area (Å²) in [4.78, 5) is 26.9. The Balaban J connectivity index is 1.28. The number of carbonyl (C=O) groups excluding carboxylic acids is 2. The van der Waals surface area contributed by atoms with Crippen LogP contribution in [-0.2, 0) is 16.0 Å². The van der Waals surface area contributed by atoms with Crippen LogP contribution < -0.4 is 10.6 Å². The number of cyclic esters (lactones) is 1. The summed E-state index contributed by atoms with van der Waals surface area (Å²) in [5, 5.41) is 6.12. The van der Waals surface area contributed by atoms with Crippen molar-refractivity contribution in [3.05, 3.63) is 66.2 Å². The number of amides is 2. The summed E-state index contributed by atoms with van der Waals surface area (Å²) in [6.07, 6.45) is 6.07. The third-order valence-corrected chi connectivity index (χ3v) is 6.49. The lowest BCUT2D eigenvalue weighted by Gasteiger charge is -2.36. The van der Waals surface area contributed by atoms with Crippen LogP contribution in [0.15, 0.2) is 60.7 Å². The van der Waals surface area contributed by atoms with E-state index in [2.05, 4.69) is 27.7 Å². The molecule has 32 heavy (non-hydrogen) atoms. The molecule has 6 nitrogen and oxygen atoms in total. The largest absolute Gasteiger partial charge is 0.460 e. The Kier molecular flexibility index (Phi) is 7.77. The minimum Gasteiger partial charge on any atom is -0.460 e. The van der Waals surface area contributed by atoms with Crippen molar-refractivity contribution in [2.75, 3.05) is 25.0 Å². The number of morpholine rings is 1. The van der Waals surface area contributed by atoms with Crippen LogP contribution in [0.25, 0.3) is 0 Å². The number of carbonyl (C=O) groups is 2. The molecule has 2 amide bonds. The van der Waals surface area contributed by atoms with Crippen LogP contribution in [0.3, 0.4) is 0 Å². The normalized spacial score (nSPS) is 23.9. The highest BCUT2D eigenvalue weighted by Crippen LogP contribution is 2.28. The Labute approximate surface area is 190 Å². The summed E-state index contributed by atoms with van der Waals surface area (Å²) in [5.41, 5.74) is 1.99. The van der Waals surface area contributed by atoms with Crippen molar-refractivity contribution in [3.63, 3.8) is 0 Å². The molecule has 0 unspecified atom stereocenters. The number of ether oxygens (including phenoxy) is 1. The molecule has 2 aliphatic rings. The van der Waals surface area contributed by atoms with Gasteiger partial charge in [0.15, 0.2) is 0 Å². The van der Waals surface area contributed by atoms with Crippen molar-refractivity contribution in [1.29, 1.82) is 0 Å². The fourth-order valence-corrected chi connectivity index (χ4v) is 4.90. The minimum atomic E-state index is -0.141. The summed E-state index contributed by atoms with van der Waals surface area (Å²) in [6, 6.07) is 19.7. The molecule has 3 atom stereocenters. The zero-order chi connectivity index (χ0) is 22.2. The van der Waals surface area contributed by atoms with Gasteiger partial charge in [-0.25, -0.2) is 4.79 Å². The van der Waals surface area contributed by atoms with E-state index in [0.29, 0.717) is 12.5 Å². The van der Waals surface area contributed by atoms with Gasteiger partial charge in [0.05, 0.1) is 6.54 Å². The van der Waals surface area contributed by atoms with Gasteiger partial charge in [-0.15, -0.1) is 0 Å². The van der Waals surface area contributed by atoms with E-state index in [-0.39, 0.29) is 24.1 Å². The number of benzene rings is 2. The van der Waals surface area contributed by atoms with Crippen molar-refractivity contribution < 1.29 is 14.3 Å². The standard InChI is InChI=1S/C26H33N3O3/c30-25-19-29(18-23(32-25)17-20-9-3-1-4-10-20)16-15-21-11-7-8-14-24(21)28-26(31)27-22-12-5-2-6-13-22/h1-6,9-10,12-13,21,23-24H,7-8,11,14-19H2,(H2,27,28,31)/t21-,23-,24+/m0/s1. The summed E-state index contributed by atoms with van der Waals surface area (Å²) in [7, 11) is 0. The number of nitrogens with zero attached hydrogens (tertiary/aromatic N) is 1. The molecule has 170 valence electrons. The van der Waals surface area contributed by atoms with Gasteiger partial charge in [-0.2, -0.15) is 0 Å². The van der Waals surface area contributed by atoms with Crippen LogP contribution in [0, 0.1) is 5.92 Å². The molecular weight excluding hydrogens is 402 g/mol. The van der Waals surface area contributed by atoms with E-state index < -0.39 is 0 Å². The van der Waals surface area contributed by atoms with Crippen LogP contribution in [-0.4, -0.2) is 48.7 Å². The molecule has 2 N–H and O–H groups in total. The van der Waals surface area contributed by atoms with E-state index in [0.717, 1.165) is 50.9 Å². The summed E-state index contributed by atoms with van der Waals surface area (Å²) >= 11 is 0. The molecule has 1 saturated carbocycles. The predicted octanol–water partition coefficient (Wildman–Crippen LogP) is 4.23. The molecule has 1 aliphatic carbocycles. The summed E-state index contributed by atoms with van der Waals surface area (Å²) < 4.78 is 5.60. The molecular formula is C26H33N3O3. The molecule has 4 rings (SSSR count). The molecule has 0 aromatic heterocycles. The second-order valence-electron chi connectivity index (χ2n) is 8.94. The first-order valence-electron chi connectivity index (χ1n) is 11.7. The van der Waals surface area contributed by atoms with Crippen molar-refractivity contribution in [3.8, 4) is 0 Å². The molecule has 1 saturated heterocycles. The number of anilines is 1. The quantitative estimate of drug-likeness (QED) is 0.639. The lowest BCUT2D eigenvalue weighted by atomic mass is 9.82.